The molecule has 0 atom stereocenters. The van der Waals surface area contributed by atoms with Gasteiger partial charge in [0.15, 0.2) is 0 Å². The Bertz CT molecular complexity index is 873. The van der Waals surface area contributed by atoms with Crippen LogP contribution in [-0.2, 0) is 6.54 Å². The topological polar surface area (TPSA) is 99.9 Å². The predicted octanol–water partition coefficient (Wildman–Crippen LogP) is 3.14. The van der Waals surface area contributed by atoms with Crippen molar-refractivity contribution in [3.8, 4) is 11.4 Å². The summed E-state index contributed by atoms with van der Waals surface area (Å²) in [5.74, 6) is 0.439. The average molecular weight is 335 g/mol. The summed E-state index contributed by atoms with van der Waals surface area (Å²) in [4.78, 5) is 14.3. The summed E-state index contributed by atoms with van der Waals surface area (Å²) < 4.78 is 31.7. The Hall–Kier alpha value is -3.17. The Morgan fingerprint density at radius 3 is 2.62 bits per heavy atom. The second kappa shape index (κ2) is 6.14. The minimum absolute atomic E-state index is 0.0471. The van der Waals surface area contributed by atoms with Crippen LogP contribution in [0.4, 0.5) is 14.5 Å². The van der Waals surface area contributed by atoms with Crippen LogP contribution in [0, 0.1) is 17.0 Å². The van der Waals surface area contributed by atoms with E-state index in [-0.39, 0.29) is 29.6 Å². The molecule has 0 fully saturated rings. The number of nitrogens with zero attached hydrogens (tertiary/aromatic N) is 5. The first-order chi connectivity index (χ1) is 11.4. The van der Waals surface area contributed by atoms with Gasteiger partial charge in [-0.15, -0.1) is 0 Å². The number of rotatable bonds is 5. The molecule has 0 aliphatic rings. The molecule has 10 heteroatoms. The highest BCUT2D eigenvalue weighted by atomic mass is 19.3. The summed E-state index contributed by atoms with van der Waals surface area (Å²) in [7, 11) is 0. The number of nitro groups is 1. The van der Waals surface area contributed by atoms with Crippen LogP contribution in [0.5, 0.6) is 0 Å². The molecule has 0 aliphatic heterocycles. The number of alkyl halides is 2. The zero-order valence-corrected chi connectivity index (χ0v) is 12.4. The average Bonchev–Trinajstić information content (AvgIpc) is 3.15. The minimum Gasteiger partial charge on any atom is -0.337 e. The van der Waals surface area contributed by atoms with Gasteiger partial charge < -0.3 is 4.52 Å². The van der Waals surface area contributed by atoms with Crippen molar-refractivity contribution in [3.63, 3.8) is 0 Å². The van der Waals surface area contributed by atoms with Crippen LogP contribution in [0.3, 0.4) is 0 Å². The zero-order valence-electron chi connectivity index (χ0n) is 12.4. The quantitative estimate of drug-likeness (QED) is 0.524. The maximum atomic E-state index is 12.6. The van der Waals surface area contributed by atoms with Crippen molar-refractivity contribution in [1.82, 2.24) is 19.9 Å². The van der Waals surface area contributed by atoms with Crippen molar-refractivity contribution >= 4 is 5.69 Å². The Kier molecular flexibility index (Phi) is 4.02. The number of nitro benzene ring substituents is 1. The summed E-state index contributed by atoms with van der Waals surface area (Å²) in [6.45, 7) is 1.70. The van der Waals surface area contributed by atoms with Crippen LogP contribution in [0.15, 0.2) is 34.9 Å². The molecular formula is C14H11F2N5O3. The molecule has 0 bridgehead atoms. The lowest BCUT2D eigenvalue weighted by molar-refractivity contribution is -0.384. The number of non-ortho nitro benzene ring substituents is 1. The van der Waals surface area contributed by atoms with Crippen molar-refractivity contribution in [3.05, 3.63) is 57.7 Å². The molecule has 0 N–H and O–H groups in total. The first-order valence-corrected chi connectivity index (χ1v) is 6.84. The lowest BCUT2D eigenvalue weighted by Crippen LogP contribution is -2.04. The summed E-state index contributed by atoms with van der Waals surface area (Å²) in [6.07, 6.45) is -2.65. The third-order valence-corrected chi connectivity index (χ3v) is 3.31. The molecule has 0 spiro atoms. The highest BCUT2D eigenvalue weighted by Crippen LogP contribution is 2.21. The number of hydrogen-bond donors (Lipinski definition) is 0. The van der Waals surface area contributed by atoms with Gasteiger partial charge in [0.05, 0.1) is 4.92 Å². The molecule has 8 nitrogen and oxygen atoms in total. The number of hydrogen-bond acceptors (Lipinski definition) is 6. The normalized spacial score (nSPS) is 11.2. The van der Waals surface area contributed by atoms with E-state index in [2.05, 4.69) is 15.2 Å². The van der Waals surface area contributed by atoms with Crippen LogP contribution in [0.1, 0.15) is 23.7 Å². The molecule has 24 heavy (non-hydrogen) atoms. The maximum Gasteiger partial charge on any atom is 0.282 e. The molecule has 3 aromatic rings. The van der Waals surface area contributed by atoms with E-state index in [0.29, 0.717) is 11.3 Å². The number of halogens is 2. The molecule has 0 amide bonds. The molecule has 0 unspecified atom stereocenters. The Morgan fingerprint density at radius 1 is 1.33 bits per heavy atom. The number of aryl methyl sites for hydroxylation is 1. The van der Waals surface area contributed by atoms with Gasteiger partial charge in [0.25, 0.3) is 12.1 Å². The standard InChI is InChI=1S/C14H11F2N5O3/c1-8-6-11(13(15)16)18-20(8)7-12-17-14(19-24-12)9-2-4-10(5-3-9)21(22)23/h2-6,13H,7H2,1H3. The van der Waals surface area contributed by atoms with Crippen molar-refractivity contribution < 1.29 is 18.2 Å². The van der Waals surface area contributed by atoms with Crippen LogP contribution < -0.4 is 0 Å². The van der Waals surface area contributed by atoms with Crippen molar-refractivity contribution in [2.24, 2.45) is 0 Å². The highest BCUT2D eigenvalue weighted by Gasteiger charge is 2.16. The van der Waals surface area contributed by atoms with E-state index in [0.717, 1.165) is 0 Å². The van der Waals surface area contributed by atoms with Crippen LogP contribution in [-0.4, -0.2) is 24.8 Å². The van der Waals surface area contributed by atoms with Gasteiger partial charge in [-0.1, -0.05) is 5.16 Å². The van der Waals surface area contributed by atoms with E-state index < -0.39 is 11.3 Å². The second-order valence-corrected chi connectivity index (χ2v) is 4.98. The summed E-state index contributed by atoms with van der Waals surface area (Å²) >= 11 is 0. The van der Waals surface area contributed by atoms with E-state index in [1.807, 2.05) is 0 Å². The molecule has 2 heterocycles. The number of aromatic nitrogens is 4. The van der Waals surface area contributed by atoms with E-state index in [1.54, 1.807) is 6.92 Å². The maximum absolute atomic E-state index is 12.6. The van der Waals surface area contributed by atoms with Gasteiger partial charge in [-0.05, 0) is 25.1 Å². The van der Waals surface area contributed by atoms with Gasteiger partial charge in [0, 0.05) is 23.4 Å². The third-order valence-electron chi connectivity index (χ3n) is 3.31. The fourth-order valence-electron chi connectivity index (χ4n) is 2.10. The van der Waals surface area contributed by atoms with Crippen molar-refractivity contribution in [2.75, 3.05) is 0 Å². The second-order valence-electron chi connectivity index (χ2n) is 4.98. The first-order valence-electron chi connectivity index (χ1n) is 6.84. The van der Waals surface area contributed by atoms with Gasteiger partial charge in [0.2, 0.25) is 11.7 Å². The van der Waals surface area contributed by atoms with Gasteiger partial charge >= 0.3 is 0 Å². The molecule has 0 radical (unpaired) electrons. The Labute approximate surface area is 133 Å². The van der Waals surface area contributed by atoms with Crippen LogP contribution >= 0.6 is 0 Å². The molecule has 1 aromatic carbocycles. The SMILES string of the molecule is Cc1cc(C(F)F)nn1Cc1nc(-c2ccc([N+](=O)[O-])cc2)no1. The monoisotopic (exact) mass is 335 g/mol. The minimum atomic E-state index is -2.65. The van der Waals surface area contributed by atoms with Gasteiger partial charge in [-0.3, -0.25) is 14.8 Å². The molecule has 2 aromatic heterocycles. The molecular weight excluding hydrogens is 324 g/mol. The predicted molar refractivity (Wildman–Crippen MR) is 77.4 cm³/mol. The third kappa shape index (κ3) is 3.12. The van der Waals surface area contributed by atoms with Crippen LogP contribution in [0.25, 0.3) is 11.4 Å². The van der Waals surface area contributed by atoms with Crippen LogP contribution in [0.2, 0.25) is 0 Å². The molecule has 0 aliphatic carbocycles. The largest absolute Gasteiger partial charge is 0.337 e. The zero-order chi connectivity index (χ0) is 17.3. The summed E-state index contributed by atoms with van der Waals surface area (Å²) in [5.41, 5.74) is 0.721. The fraction of sp³-hybridized carbons (Fsp3) is 0.214. The van der Waals surface area contributed by atoms with E-state index in [1.165, 1.54) is 35.0 Å². The summed E-state index contributed by atoms with van der Waals surface area (Å²) in [5, 5.41) is 18.2. The first kappa shape index (κ1) is 15.7. The van der Waals surface area contributed by atoms with Gasteiger partial charge in [0.1, 0.15) is 12.2 Å². The fourth-order valence-corrected chi connectivity index (χ4v) is 2.10. The highest BCUT2D eigenvalue weighted by molar-refractivity contribution is 5.56. The molecule has 0 saturated carbocycles. The Balaban J connectivity index is 1.79. The molecule has 3 rings (SSSR count). The van der Waals surface area contributed by atoms with Gasteiger partial charge in [-0.2, -0.15) is 10.1 Å². The number of benzene rings is 1. The molecule has 0 saturated heterocycles. The van der Waals surface area contributed by atoms with Gasteiger partial charge in [-0.25, -0.2) is 8.78 Å². The molecule has 124 valence electrons. The summed E-state index contributed by atoms with van der Waals surface area (Å²) in [6, 6.07) is 6.95. The van der Waals surface area contributed by atoms with E-state index >= 15 is 0 Å². The Morgan fingerprint density at radius 2 is 2.04 bits per heavy atom. The lowest BCUT2D eigenvalue weighted by Gasteiger charge is -1.99. The smallest absolute Gasteiger partial charge is 0.282 e. The van der Waals surface area contributed by atoms with Crippen molar-refractivity contribution in [1.29, 1.82) is 0 Å². The van der Waals surface area contributed by atoms with E-state index in [9.17, 15) is 18.9 Å². The van der Waals surface area contributed by atoms with E-state index in [4.69, 9.17) is 4.52 Å². The van der Waals surface area contributed by atoms with Crippen molar-refractivity contribution in [2.45, 2.75) is 19.9 Å². The lowest BCUT2D eigenvalue weighted by atomic mass is 10.2.